The van der Waals surface area contributed by atoms with E-state index in [4.69, 9.17) is 0 Å². The summed E-state index contributed by atoms with van der Waals surface area (Å²) in [6.45, 7) is 9.52. The molecule has 0 aliphatic carbocycles. The second-order valence-corrected chi connectivity index (χ2v) is 4.74. The van der Waals surface area contributed by atoms with Crippen LogP contribution in [0.5, 0.6) is 0 Å². The van der Waals surface area contributed by atoms with Crippen molar-refractivity contribution in [1.29, 1.82) is 0 Å². The first kappa shape index (κ1) is 10.6. The Labute approximate surface area is 81.3 Å². The summed E-state index contributed by atoms with van der Waals surface area (Å²) < 4.78 is 0. The largest absolute Gasteiger partial charge is 0.340 e. The van der Waals surface area contributed by atoms with Gasteiger partial charge < -0.3 is 4.90 Å². The van der Waals surface area contributed by atoms with Gasteiger partial charge in [0.25, 0.3) is 0 Å². The summed E-state index contributed by atoms with van der Waals surface area (Å²) in [6, 6.07) is 0.379. The molecule has 1 unspecified atom stereocenters. The Kier molecular flexibility index (Phi) is 3.34. The third kappa shape index (κ3) is 2.45. The van der Waals surface area contributed by atoms with E-state index in [1.54, 1.807) is 0 Å². The van der Waals surface area contributed by atoms with Crippen molar-refractivity contribution in [1.82, 2.24) is 4.90 Å². The average molecular weight is 183 g/mol. The predicted octanol–water partition coefficient (Wildman–Crippen LogP) is 2.29. The Balaban J connectivity index is 2.50. The molecule has 1 amide bonds. The van der Waals surface area contributed by atoms with Gasteiger partial charge in [0.05, 0.1) is 0 Å². The molecule has 0 N–H and O–H groups in total. The molecular formula is C11H21NO. The molecule has 1 saturated heterocycles. The number of carbonyl (C=O) groups excluding carboxylic acids is 1. The van der Waals surface area contributed by atoms with E-state index < -0.39 is 0 Å². The van der Waals surface area contributed by atoms with Gasteiger partial charge in [0.2, 0.25) is 5.91 Å². The van der Waals surface area contributed by atoms with E-state index in [0.29, 0.717) is 23.8 Å². The van der Waals surface area contributed by atoms with Gasteiger partial charge in [-0.1, -0.05) is 13.8 Å². The molecule has 1 aliphatic heterocycles. The SMILES string of the molecule is CC(C)CC1CCN(C(C)C)C1=O. The molecule has 1 heterocycles. The third-order valence-corrected chi connectivity index (χ3v) is 2.73. The van der Waals surface area contributed by atoms with Gasteiger partial charge in [0, 0.05) is 18.5 Å². The molecule has 0 saturated carbocycles. The second-order valence-electron chi connectivity index (χ2n) is 4.74. The number of amides is 1. The van der Waals surface area contributed by atoms with Gasteiger partial charge in [-0.25, -0.2) is 0 Å². The van der Waals surface area contributed by atoms with Gasteiger partial charge in [0.15, 0.2) is 0 Å². The minimum Gasteiger partial charge on any atom is -0.340 e. The van der Waals surface area contributed by atoms with Crippen molar-refractivity contribution in [3.63, 3.8) is 0 Å². The second kappa shape index (κ2) is 4.12. The fourth-order valence-corrected chi connectivity index (χ4v) is 2.06. The van der Waals surface area contributed by atoms with E-state index in [1.165, 1.54) is 0 Å². The van der Waals surface area contributed by atoms with Crippen LogP contribution in [-0.4, -0.2) is 23.4 Å². The lowest BCUT2D eigenvalue weighted by atomic mass is 9.96. The molecule has 2 nitrogen and oxygen atoms in total. The zero-order valence-electron chi connectivity index (χ0n) is 9.21. The maximum Gasteiger partial charge on any atom is 0.225 e. The van der Waals surface area contributed by atoms with Crippen molar-refractivity contribution in [2.75, 3.05) is 6.54 Å². The molecule has 1 fully saturated rings. The summed E-state index contributed by atoms with van der Waals surface area (Å²) >= 11 is 0. The molecule has 0 bridgehead atoms. The Morgan fingerprint density at radius 2 is 2.00 bits per heavy atom. The summed E-state index contributed by atoms with van der Waals surface area (Å²) in [5, 5.41) is 0. The van der Waals surface area contributed by atoms with Crippen LogP contribution in [0.2, 0.25) is 0 Å². The van der Waals surface area contributed by atoms with Crippen molar-refractivity contribution in [3.8, 4) is 0 Å². The van der Waals surface area contributed by atoms with Gasteiger partial charge in [-0.05, 0) is 32.6 Å². The molecule has 0 aromatic heterocycles. The van der Waals surface area contributed by atoms with Gasteiger partial charge in [-0.2, -0.15) is 0 Å². The Morgan fingerprint density at radius 1 is 1.38 bits per heavy atom. The molecule has 2 heteroatoms. The summed E-state index contributed by atoms with van der Waals surface area (Å²) in [7, 11) is 0. The monoisotopic (exact) mass is 183 g/mol. The molecule has 1 atom stereocenters. The molecule has 0 spiro atoms. The standard InChI is InChI=1S/C11H21NO/c1-8(2)7-10-5-6-12(9(3)4)11(10)13/h8-10H,5-7H2,1-4H3. The first-order valence-corrected chi connectivity index (χ1v) is 5.32. The zero-order valence-corrected chi connectivity index (χ0v) is 9.21. The van der Waals surface area contributed by atoms with Gasteiger partial charge in [-0.3, -0.25) is 4.79 Å². The highest BCUT2D eigenvalue weighted by Crippen LogP contribution is 2.25. The van der Waals surface area contributed by atoms with Crippen LogP contribution in [0.25, 0.3) is 0 Å². The van der Waals surface area contributed by atoms with Gasteiger partial charge in [-0.15, -0.1) is 0 Å². The smallest absolute Gasteiger partial charge is 0.225 e. The topological polar surface area (TPSA) is 20.3 Å². The predicted molar refractivity (Wildman–Crippen MR) is 54.4 cm³/mol. The zero-order chi connectivity index (χ0) is 10.0. The fourth-order valence-electron chi connectivity index (χ4n) is 2.06. The Hall–Kier alpha value is -0.530. The highest BCUT2D eigenvalue weighted by Gasteiger charge is 2.32. The Morgan fingerprint density at radius 3 is 2.38 bits per heavy atom. The maximum atomic E-state index is 11.8. The van der Waals surface area contributed by atoms with Gasteiger partial charge >= 0.3 is 0 Å². The summed E-state index contributed by atoms with van der Waals surface area (Å²) in [6.07, 6.45) is 2.12. The summed E-state index contributed by atoms with van der Waals surface area (Å²) in [4.78, 5) is 13.8. The van der Waals surface area contributed by atoms with E-state index in [9.17, 15) is 4.79 Å². The maximum absolute atomic E-state index is 11.8. The Bertz CT molecular complexity index is 187. The minimum atomic E-state index is 0.308. The van der Waals surface area contributed by atoms with E-state index >= 15 is 0 Å². The van der Waals surface area contributed by atoms with E-state index in [0.717, 1.165) is 19.4 Å². The average Bonchev–Trinajstić information content (AvgIpc) is 2.32. The molecule has 0 radical (unpaired) electrons. The van der Waals surface area contributed by atoms with Crippen molar-refractivity contribution < 1.29 is 4.79 Å². The highest BCUT2D eigenvalue weighted by atomic mass is 16.2. The number of hydrogen-bond donors (Lipinski definition) is 0. The van der Waals surface area contributed by atoms with Crippen LogP contribution in [0, 0.1) is 11.8 Å². The minimum absolute atomic E-state index is 0.308. The lowest BCUT2D eigenvalue weighted by molar-refractivity contribution is -0.132. The van der Waals surface area contributed by atoms with E-state index in [1.807, 2.05) is 4.90 Å². The van der Waals surface area contributed by atoms with Crippen LogP contribution in [0.15, 0.2) is 0 Å². The number of likely N-dealkylation sites (tertiary alicyclic amines) is 1. The molecule has 76 valence electrons. The number of hydrogen-bond acceptors (Lipinski definition) is 1. The summed E-state index contributed by atoms with van der Waals surface area (Å²) in [5.74, 6) is 1.33. The quantitative estimate of drug-likeness (QED) is 0.657. The molecule has 1 aliphatic rings. The van der Waals surface area contributed by atoms with Crippen LogP contribution in [0.3, 0.4) is 0 Å². The number of rotatable bonds is 3. The third-order valence-electron chi connectivity index (χ3n) is 2.73. The first-order chi connectivity index (χ1) is 6.02. The van der Waals surface area contributed by atoms with Crippen molar-refractivity contribution in [3.05, 3.63) is 0 Å². The van der Waals surface area contributed by atoms with Crippen molar-refractivity contribution in [2.24, 2.45) is 11.8 Å². The fraction of sp³-hybridized carbons (Fsp3) is 0.909. The van der Waals surface area contributed by atoms with Crippen LogP contribution < -0.4 is 0 Å². The van der Waals surface area contributed by atoms with Crippen molar-refractivity contribution >= 4 is 5.91 Å². The molecule has 13 heavy (non-hydrogen) atoms. The number of nitrogens with zero attached hydrogens (tertiary/aromatic N) is 1. The van der Waals surface area contributed by atoms with Crippen molar-refractivity contribution in [2.45, 2.75) is 46.6 Å². The summed E-state index contributed by atoms with van der Waals surface area (Å²) in [5.41, 5.74) is 0. The van der Waals surface area contributed by atoms with E-state index in [2.05, 4.69) is 27.7 Å². The highest BCUT2D eigenvalue weighted by molar-refractivity contribution is 5.81. The number of carbonyl (C=O) groups is 1. The molecule has 1 rings (SSSR count). The van der Waals surface area contributed by atoms with Crippen LogP contribution in [0.1, 0.15) is 40.5 Å². The lowest BCUT2D eigenvalue weighted by Crippen LogP contribution is -2.33. The van der Waals surface area contributed by atoms with Gasteiger partial charge in [0.1, 0.15) is 0 Å². The molecular weight excluding hydrogens is 162 g/mol. The lowest BCUT2D eigenvalue weighted by Gasteiger charge is -2.21. The van der Waals surface area contributed by atoms with Crippen LogP contribution >= 0.6 is 0 Å². The van der Waals surface area contributed by atoms with Crippen LogP contribution in [-0.2, 0) is 4.79 Å². The molecule has 0 aromatic carbocycles. The normalized spacial score (nSPS) is 23.7. The van der Waals surface area contributed by atoms with Crippen LogP contribution in [0.4, 0.5) is 0 Å². The molecule has 0 aromatic rings. The van der Waals surface area contributed by atoms with E-state index in [-0.39, 0.29) is 0 Å². The first-order valence-electron chi connectivity index (χ1n) is 5.32.